The molecule has 0 spiro atoms. The van der Waals surface area contributed by atoms with Gasteiger partial charge in [0.05, 0.1) is 13.3 Å². The molecule has 0 saturated carbocycles. The number of fused-ring (bicyclic) bond motifs is 3. The Kier molecular flexibility index (Phi) is 3.89. The van der Waals surface area contributed by atoms with Crippen LogP contribution >= 0.6 is 0 Å². The highest BCUT2D eigenvalue weighted by Crippen LogP contribution is 2.39. The number of pyridine rings is 1. The van der Waals surface area contributed by atoms with E-state index in [-0.39, 0.29) is 0 Å². The number of rotatable bonds is 3. The van der Waals surface area contributed by atoms with Crippen LogP contribution in [0.5, 0.6) is 11.8 Å². The zero-order chi connectivity index (χ0) is 18.2. The normalized spacial score (nSPS) is 15.1. The smallest absolute Gasteiger partial charge is 0.233 e. The third-order valence-electron chi connectivity index (χ3n) is 5.21. The Morgan fingerprint density at radius 2 is 1.85 bits per heavy atom. The largest absolute Gasteiger partial charge is 0.480 e. The molecule has 6 heteroatoms. The van der Waals surface area contributed by atoms with Crippen LogP contribution in [0, 0.1) is 0 Å². The number of methoxy groups -OCH3 is 1. The standard InChI is InChI=1S/C21H20N4O2/c1-26-20-11-15(12-22-24-20)14-4-5-17-16(10-14)13-27-21-18(17)6-7-19(23-21)25-8-2-3-9-25/h4-7,10-12H,2-3,8-9,13H2,1H3. The first kappa shape index (κ1) is 16.1. The monoisotopic (exact) mass is 360 g/mol. The molecule has 136 valence electrons. The summed E-state index contributed by atoms with van der Waals surface area (Å²) < 4.78 is 11.2. The van der Waals surface area contributed by atoms with Crippen LogP contribution in [0.1, 0.15) is 18.4 Å². The second kappa shape index (κ2) is 6.54. The lowest BCUT2D eigenvalue weighted by molar-refractivity contribution is 0.290. The van der Waals surface area contributed by atoms with Crippen LogP contribution in [0.2, 0.25) is 0 Å². The molecule has 0 N–H and O–H groups in total. The molecule has 0 aliphatic carbocycles. The molecule has 5 rings (SSSR count). The first-order valence-electron chi connectivity index (χ1n) is 9.21. The van der Waals surface area contributed by atoms with E-state index in [0.29, 0.717) is 12.5 Å². The molecule has 2 aliphatic heterocycles. The highest BCUT2D eigenvalue weighted by Gasteiger charge is 2.22. The van der Waals surface area contributed by atoms with Gasteiger partial charge in [0, 0.05) is 30.3 Å². The van der Waals surface area contributed by atoms with Crippen molar-refractivity contribution in [3.8, 4) is 34.0 Å². The van der Waals surface area contributed by atoms with Crippen molar-refractivity contribution >= 4 is 5.82 Å². The van der Waals surface area contributed by atoms with Crippen molar-refractivity contribution in [3.05, 3.63) is 48.2 Å². The molecular formula is C21H20N4O2. The van der Waals surface area contributed by atoms with Gasteiger partial charge in [0.15, 0.2) is 0 Å². The Morgan fingerprint density at radius 1 is 1.00 bits per heavy atom. The summed E-state index contributed by atoms with van der Waals surface area (Å²) in [5, 5.41) is 7.94. The summed E-state index contributed by atoms with van der Waals surface area (Å²) in [5.41, 5.74) is 5.41. The van der Waals surface area contributed by atoms with Crippen LogP contribution in [0.25, 0.3) is 22.3 Å². The summed E-state index contributed by atoms with van der Waals surface area (Å²) in [6.07, 6.45) is 4.21. The van der Waals surface area contributed by atoms with Crippen LogP contribution in [-0.4, -0.2) is 35.4 Å². The van der Waals surface area contributed by atoms with Crippen LogP contribution in [-0.2, 0) is 6.61 Å². The predicted octanol–water partition coefficient (Wildman–Crippen LogP) is 3.71. The number of ether oxygens (including phenoxy) is 2. The molecule has 0 bridgehead atoms. The van der Waals surface area contributed by atoms with Crippen molar-refractivity contribution in [2.75, 3.05) is 25.1 Å². The SMILES string of the molecule is COc1cc(-c2ccc3c(c2)COc2nc(N4CCCC4)ccc2-3)cnn1. The number of hydrogen-bond donors (Lipinski definition) is 0. The lowest BCUT2D eigenvalue weighted by Crippen LogP contribution is -2.19. The minimum Gasteiger partial charge on any atom is -0.480 e. The lowest BCUT2D eigenvalue weighted by atomic mass is 9.95. The molecule has 1 fully saturated rings. The number of anilines is 1. The molecule has 0 unspecified atom stereocenters. The van der Waals surface area contributed by atoms with E-state index in [1.54, 1.807) is 13.3 Å². The van der Waals surface area contributed by atoms with E-state index < -0.39 is 0 Å². The minimum atomic E-state index is 0.505. The van der Waals surface area contributed by atoms with Crippen LogP contribution in [0.3, 0.4) is 0 Å². The molecule has 1 saturated heterocycles. The van der Waals surface area contributed by atoms with E-state index in [1.807, 2.05) is 6.07 Å². The van der Waals surface area contributed by atoms with E-state index in [9.17, 15) is 0 Å². The summed E-state index contributed by atoms with van der Waals surface area (Å²) in [4.78, 5) is 7.09. The first-order valence-corrected chi connectivity index (χ1v) is 9.21. The third-order valence-corrected chi connectivity index (χ3v) is 5.21. The summed E-state index contributed by atoms with van der Waals surface area (Å²) >= 11 is 0. The van der Waals surface area contributed by atoms with Gasteiger partial charge in [-0.15, -0.1) is 5.10 Å². The van der Waals surface area contributed by atoms with Crippen LogP contribution in [0.15, 0.2) is 42.6 Å². The van der Waals surface area contributed by atoms with Gasteiger partial charge in [0.2, 0.25) is 11.8 Å². The van der Waals surface area contributed by atoms with Gasteiger partial charge in [-0.2, -0.15) is 10.1 Å². The summed E-state index contributed by atoms with van der Waals surface area (Å²) in [7, 11) is 1.59. The molecule has 4 heterocycles. The summed E-state index contributed by atoms with van der Waals surface area (Å²) in [6, 6.07) is 12.5. The predicted molar refractivity (Wildman–Crippen MR) is 103 cm³/mol. The second-order valence-corrected chi connectivity index (χ2v) is 6.86. The Bertz CT molecular complexity index is 999. The molecule has 0 radical (unpaired) electrons. The van der Waals surface area contributed by atoms with Crippen molar-refractivity contribution in [1.29, 1.82) is 0 Å². The lowest BCUT2D eigenvalue weighted by Gasteiger charge is -2.23. The summed E-state index contributed by atoms with van der Waals surface area (Å²) in [5.74, 6) is 2.25. The Morgan fingerprint density at radius 3 is 2.70 bits per heavy atom. The van der Waals surface area contributed by atoms with Crippen molar-refractivity contribution in [2.45, 2.75) is 19.4 Å². The minimum absolute atomic E-state index is 0.505. The first-order chi connectivity index (χ1) is 13.3. The van der Waals surface area contributed by atoms with Gasteiger partial charge in [0.25, 0.3) is 0 Å². The molecule has 1 aromatic carbocycles. The van der Waals surface area contributed by atoms with E-state index in [1.165, 1.54) is 18.4 Å². The third kappa shape index (κ3) is 2.87. The van der Waals surface area contributed by atoms with E-state index in [2.05, 4.69) is 45.4 Å². The van der Waals surface area contributed by atoms with E-state index in [0.717, 1.165) is 47.0 Å². The molecule has 2 aliphatic rings. The molecule has 3 aromatic rings. The highest BCUT2D eigenvalue weighted by atomic mass is 16.5. The topological polar surface area (TPSA) is 60.4 Å². The molecule has 0 atom stereocenters. The van der Waals surface area contributed by atoms with Crippen molar-refractivity contribution in [1.82, 2.24) is 15.2 Å². The fourth-order valence-electron chi connectivity index (χ4n) is 3.77. The number of hydrogen-bond acceptors (Lipinski definition) is 6. The molecule has 2 aromatic heterocycles. The maximum Gasteiger partial charge on any atom is 0.233 e. The van der Waals surface area contributed by atoms with Crippen molar-refractivity contribution in [2.24, 2.45) is 0 Å². The van der Waals surface area contributed by atoms with Gasteiger partial charge in [-0.25, -0.2) is 0 Å². The quantitative estimate of drug-likeness (QED) is 0.710. The zero-order valence-corrected chi connectivity index (χ0v) is 15.2. The van der Waals surface area contributed by atoms with Gasteiger partial charge in [-0.05, 0) is 47.7 Å². The fourth-order valence-corrected chi connectivity index (χ4v) is 3.77. The van der Waals surface area contributed by atoms with Crippen LogP contribution in [0.4, 0.5) is 5.82 Å². The van der Waals surface area contributed by atoms with E-state index >= 15 is 0 Å². The van der Waals surface area contributed by atoms with Gasteiger partial charge >= 0.3 is 0 Å². The molecular weight excluding hydrogens is 340 g/mol. The Hall–Kier alpha value is -3.15. The van der Waals surface area contributed by atoms with E-state index in [4.69, 9.17) is 14.5 Å². The number of aromatic nitrogens is 3. The van der Waals surface area contributed by atoms with Gasteiger partial charge in [0.1, 0.15) is 12.4 Å². The maximum atomic E-state index is 6.00. The average Bonchev–Trinajstić information content (AvgIpc) is 3.28. The van der Waals surface area contributed by atoms with Crippen molar-refractivity contribution in [3.63, 3.8) is 0 Å². The number of nitrogens with zero attached hydrogens (tertiary/aromatic N) is 4. The van der Waals surface area contributed by atoms with Crippen molar-refractivity contribution < 1.29 is 9.47 Å². The van der Waals surface area contributed by atoms with Gasteiger partial charge in [-0.3, -0.25) is 0 Å². The average molecular weight is 360 g/mol. The number of benzene rings is 1. The van der Waals surface area contributed by atoms with Gasteiger partial charge < -0.3 is 14.4 Å². The summed E-state index contributed by atoms with van der Waals surface area (Å²) in [6.45, 7) is 2.67. The van der Waals surface area contributed by atoms with Gasteiger partial charge in [-0.1, -0.05) is 12.1 Å². The molecule has 6 nitrogen and oxygen atoms in total. The molecule has 0 amide bonds. The second-order valence-electron chi connectivity index (χ2n) is 6.86. The Balaban J connectivity index is 1.50. The highest BCUT2D eigenvalue weighted by molar-refractivity contribution is 5.78. The van der Waals surface area contributed by atoms with Crippen LogP contribution < -0.4 is 14.4 Å². The fraction of sp³-hybridized carbons (Fsp3) is 0.286. The maximum absolute atomic E-state index is 6.00. The Labute approximate surface area is 157 Å². The molecule has 27 heavy (non-hydrogen) atoms. The zero-order valence-electron chi connectivity index (χ0n) is 15.2.